The third kappa shape index (κ3) is 3.91. The Hall–Kier alpha value is -2.86. The number of benzene rings is 2. The summed E-state index contributed by atoms with van der Waals surface area (Å²) >= 11 is 1.68. The van der Waals surface area contributed by atoms with Crippen molar-refractivity contribution < 1.29 is 4.79 Å². The number of carbonyl (C=O) groups is 1. The Morgan fingerprint density at radius 2 is 1.92 bits per heavy atom. The molecule has 2 N–H and O–H groups in total. The van der Waals surface area contributed by atoms with E-state index in [2.05, 4.69) is 20.7 Å². The third-order valence-corrected chi connectivity index (χ3v) is 4.13. The summed E-state index contributed by atoms with van der Waals surface area (Å²) in [6.07, 6.45) is 3.63. The van der Waals surface area contributed by atoms with Gasteiger partial charge in [-0.2, -0.15) is 10.2 Å². The maximum Gasteiger partial charge on any atom is 0.289 e. The SMILES string of the molecule is CSc1ccc(C=NNC(=O)c2cc(-c3ccccc3)n[nH]2)cc1. The summed E-state index contributed by atoms with van der Waals surface area (Å²) in [4.78, 5) is 13.3. The molecular weight excluding hydrogens is 320 g/mol. The van der Waals surface area contributed by atoms with E-state index < -0.39 is 0 Å². The maximum absolute atomic E-state index is 12.1. The van der Waals surface area contributed by atoms with Gasteiger partial charge in [0.2, 0.25) is 0 Å². The normalized spacial score (nSPS) is 10.9. The lowest BCUT2D eigenvalue weighted by atomic mass is 10.1. The second kappa shape index (κ2) is 7.61. The largest absolute Gasteiger partial charge is 0.289 e. The van der Waals surface area contributed by atoms with E-state index in [1.54, 1.807) is 24.0 Å². The summed E-state index contributed by atoms with van der Waals surface area (Å²) in [7, 11) is 0. The van der Waals surface area contributed by atoms with Crippen LogP contribution in [0.1, 0.15) is 16.1 Å². The van der Waals surface area contributed by atoms with E-state index in [0.717, 1.165) is 16.8 Å². The highest BCUT2D eigenvalue weighted by atomic mass is 32.2. The van der Waals surface area contributed by atoms with Gasteiger partial charge in [0.15, 0.2) is 0 Å². The number of amides is 1. The molecule has 24 heavy (non-hydrogen) atoms. The predicted octanol–water partition coefficient (Wildman–Crippen LogP) is 3.56. The van der Waals surface area contributed by atoms with Crippen molar-refractivity contribution in [2.24, 2.45) is 5.10 Å². The maximum atomic E-state index is 12.1. The Morgan fingerprint density at radius 1 is 1.17 bits per heavy atom. The number of nitrogens with zero attached hydrogens (tertiary/aromatic N) is 2. The highest BCUT2D eigenvalue weighted by Crippen LogP contribution is 2.17. The highest BCUT2D eigenvalue weighted by molar-refractivity contribution is 7.98. The first-order chi connectivity index (χ1) is 11.8. The van der Waals surface area contributed by atoms with Gasteiger partial charge in [-0.15, -0.1) is 11.8 Å². The van der Waals surface area contributed by atoms with Crippen LogP contribution in [-0.2, 0) is 0 Å². The zero-order chi connectivity index (χ0) is 16.8. The Kier molecular flexibility index (Phi) is 5.08. The molecule has 0 unspecified atom stereocenters. The summed E-state index contributed by atoms with van der Waals surface area (Å²) < 4.78 is 0. The zero-order valence-corrected chi connectivity index (χ0v) is 13.9. The molecule has 0 atom stereocenters. The van der Waals surface area contributed by atoms with Gasteiger partial charge in [-0.1, -0.05) is 42.5 Å². The van der Waals surface area contributed by atoms with Crippen LogP contribution in [0.2, 0.25) is 0 Å². The number of aromatic nitrogens is 2. The Balaban J connectivity index is 1.62. The van der Waals surface area contributed by atoms with E-state index >= 15 is 0 Å². The van der Waals surface area contributed by atoms with Gasteiger partial charge < -0.3 is 0 Å². The molecule has 0 saturated carbocycles. The molecule has 0 aliphatic rings. The second-order valence-corrected chi connectivity index (χ2v) is 5.88. The summed E-state index contributed by atoms with van der Waals surface area (Å²) in [6, 6.07) is 19.3. The number of carbonyl (C=O) groups excluding carboxylic acids is 1. The summed E-state index contributed by atoms with van der Waals surface area (Å²) in [5.41, 5.74) is 5.45. The molecule has 2 aromatic carbocycles. The number of aromatic amines is 1. The Labute approximate surface area is 144 Å². The van der Waals surface area contributed by atoms with Gasteiger partial charge in [0.1, 0.15) is 5.69 Å². The van der Waals surface area contributed by atoms with Crippen LogP contribution in [0, 0.1) is 0 Å². The smallest absolute Gasteiger partial charge is 0.272 e. The third-order valence-electron chi connectivity index (χ3n) is 3.39. The van der Waals surface area contributed by atoms with Crippen molar-refractivity contribution in [2.75, 3.05) is 6.26 Å². The molecule has 5 nitrogen and oxygen atoms in total. The van der Waals surface area contributed by atoms with Gasteiger partial charge in [-0.25, -0.2) is 5.43 Å². The van der Waals surface area contributed by atoms with Crippen molar-refractivity contribution in [3.05, 3.63) is 71.9 Å². The molecule has 0 bridgehead atoms. The fourth-order valence-electron chi connectivity index (χ4n) is 2.11. The van der Waals surface area contributed by atoms with E-state index in [1.165, 1.54) is 4.90 Å². The fourth-order valence-corrected chi connectivity index (χ4v) is 2.52. The van der Waals surface area contributed by atoms with Gasteiger partial charge in [-0.05, 0) is 30.0 Å². The molecule has 120 valence electrons. The lowest BCUT2D eigenvalue weighted by molar-refractivity contribution is 0.0950. The lowest BCUT2D eigenvalue weighted by Gasteiger charge is -1.97. The van der Waals surface area contributed by atoms with Gasteiger partial charge in [0.25, 0.3) is 5.91 Å². The minimum absolute atomic E-state index is 0.332. The van der Waals surface area contributed by atoms with Crippen LogP contribution >= 0.6 is 11.8 Å². The van der Waals surface area contributed by atoms with Crippen molar-refractivity contribution in [3.8, 4) is 11.3 Å². The van der Waals surface area contributed by atoms with Gasteiger partial charge >= 0.3 is 0 Å². The van der Waals surface area contributed by atoms with Gasteiger partial charge in [0.05, 0.1) is 11.9 Å². The standard InChI is InChI=1S/C18H16N4OS/c1-24-15-9-7-13(8-10-15)12-19-22-18(23)17-11-16(20-21-17)14-5-3-2-4-6-14/h2-12H,1H3,(H,20,21)(H,22,23). The molecule has 3 aromatic rings. The number of H-pyrrole nitrogens is 1. The van der Waals surface area contributed by atoms with Crippen molar-refractivity contribution in [2.45, 2.75) is 4.90 Å². The number of hydrogen-bond donors (Lipinski definition) is 2. The van der Waals surface area contributed by atoms with Crippen LogP contribution in [0.3, 0.4) is 0 Å². The molecule has 0 saturated heterocycles. The minimum Gasteiger partial charge on any atom is -0.272 e. The average molecular weight is 336 g/mol. The summed E-state index contributed by atoms with van der Waals surface area (Å²) in [5.74, 6) is -0.332. The number of hydrogen-bond acceptors (Lipinski definition) is 4. The van der Waals surface area contributed by atoms with Crippen LogP contribution in [0.5, 0.6) is 0 Å². The predicted molar refractivity (Wildman–Crippen MR) is 97.3 cm³/mol. The quantitative estimate of drug-likeness (QED) is 0.425. The van der Waals surface area contributed by atoms with Crippen LogP contribution in [0.25, 0.3) is 11.3 Å². The first-order valence-electron chi connectivity index (χ1n) is 7.34. The monoisotopic (exact) mass is 336 g/mol. The number of nitrogens with one attached hydrogen (secondary N) is 2. The molecule has 0 fully saturated rings. The first kappa shape index (κ1) is 16.0. The van der Waals surface area contributed by atoms with Gasteiger partial charge in [-0.3, -0.25) is 9.89 Å². The molecule has 0 aliphatic carbocycles. The first-order valence-corrected chi connectivity index (χ1v) is 8.57. The van der Waals surface area contributed by atoms with Crippen molar-refractivity contribution in [1.29, 1.82) is 0 Å². The molecule has 0 radical (unpaired) electrons. The van der Waals surface area contributed by atoms with E-state index in [-0.39, 0.29) is 5.91 Å². The highest BCUT2D eigenvalue weighted by Gasteiger charge is 2.09. The Bertz CT molecular complexity index is 841. The van der Waals surface area contributed by atoms with Crippen molar-refractivity contribution in [1.82, 2.24) is 15.6 Å². The number of rotatable bonds is 5. The topological polar surface area (TPSA) is 70.1 Å². The average Bonchev–Trinajstić information content (AvgIpc) is 3.13. The summed E-state index contributed by atoms with van der Waals surface area (Å²) in [5, 5.41) is 10.9. The van der Waals surface area contributed by atoms with E-state index in [0.29, 0.717) is 5.69 Å². The van der Waals surface area contributed by atoms with Crippen LogP contribution in [0.15, 0.2) is 70.7 Å². The van der Waals surface area contributed by atoms with Crippen molar-refractivity contribution >= 4 is 23.9 Å². The second-order valence-electron chi connectivity index (χ2n) is 5.01. The minimum atomic E-state index is -0.332. The van der Waals surface area contributed by atoms with E-state index in [4.69, 9.17) is 0 Å². The molecule has 1 heterocycles. The Morgan fingerprint density at radius 3 is 2.62 bits per heavy atom. The van der Waals surface area contributed by atoms with Crippen LogP contribution in [0.4, 0.5) is 0 Å². The number of hydrazone groups is 1. The van der Waals surface area contributed by atoms with Gasteiger partial charge in [0, 0.05) is 10.5 Å². The van der Waals surface area contributed by atoms with Crippen LogP contribution in [-0.4, -0.2) is 28.6 Å². The van der Waals surface area contributed by atoms with Crippen LogP contribution < -0.4 is 5.43 Å². The van der Waals surface area contributed by atoms with E-state index in [1.807, 2.05) is 60.9 Å². The molecule has 6 heteroatoms. The fraction of sp³-hybridized carbons (Fsp3) is 0.0556. The van der Waals surface area contributed by atoms with E-state index in [9.17, 15) is 4.79 Å². The zero-order valence-electron chi connectivity index (χ0n) is 13.1. The molecule has 0 aliphatic heterocycles. The van der Waals surface area contributed by atoms with Crippen molar-refractivity contribution in [3.63, 3.8) is 0 Å². The molecule has 1 aromatic heterocycles. The molecule has 3 rings (SSSR count). The number of thioether (sulfide) groups is 1. The molecule has 1 amide bonds. The lowest BCUT2D eigenvalue weighted by Crippen LogP contribution is -2.17. The molecular formula is C18H16N4OS. The molecule has 0 spiro atoms. The summed E-state index contributed by atoms with van der Waals surface area (Å²) in [6.45, 7) is 0.